The van der Waals surface area contributed by atoms with E-state index in [0.29, 0.717) is 25.0 Å². The van der Waals surface area contributed by atoms with Gasteiger partial charge in [-0.2, -0.15) is 0 Å². The first-order valence-corrected chi connectivity index (χ1v) is 8.37. The van der Waals surface area contributed by atoms with Crippen molar-refractivity contribution in [1.82, 2.24) is 20.2 Å². The lowest BCUT2D eigenvalue weighted by Crippen LogP contribution is -2.50. The van der Waals surface area contributed by atoms with E-state index >= 15 is 0 Å². The lowest BCUT2D eigenvalue weighted by atomic mass is 9.95. The van der Waals surface area contributed by atoms with Crippen LogP contribution in [0.15, 0.2) is 36.8 Å². The molecule has 1 aromatic carbocycles. The molecule has 0 spiro atoms. The fourth-order valence-electron chi connectivity index (χ4n) is 3.02. The molecule has 0 aliphatic carbocycles. The summed E-state index contributed by atoms with van der Waals surface area (Å²) in [6.45, 7) is 2.50. The topological polar surface area (TPSA) is 85.2 Å². The van der Waals surface area contributed by atoms with Crippen molar-refractivity contribution >= 4 is 11.8 Å². The molecular weight excluding hydrogens is 320 g/mol. The molecule has 2 atom stereocenters. The third-order valence-corrected chi connectivity index (χ3v) is 4.32. The van der Waals surface area contributed by atoms with Crippen molar-refractivity contribution < 1.29 is 14.3 Å². The fraction of sp³-hybridized carbons (Fsp3) is 0.389. The second kappa shape index (κ2) is 7.38. The van der Waals surface area contributed by atoms with E-state index in [1.807, 2.05) is 18.5 Å². The Kier molecular flexibility index (Phi) is 5.02. The van der Waals surface area contributed by atoms with E-state index in [-0.39, 0.29) is 23.9 Å². The molecule has 0 bridgehead atoms. The van der Waals surface area contributed by atoms with Gasteiger partial charge in [0.2, 0.25) is 5.91 Å². The summed E-state index contributed by atoms with van der Waals surface area (Å²) in [5.41, 5.74) is 1.43. The van der Waals surface area contributed by atoms with Crippen molar-refractivity contribution in [1.29, 1.82) is 0 Å². The minimum atomic E-state index is -0.291. The van der Waals surface area contributed by atoms with Gasteiger partial charge in [-0.15, -0.1) is 0 Å². The van der Waals surface area contributed by atoms with E-state index < -0.39 is 0 Å². The molecule has 25 heavy (non-hydrogen) atoms. The molecular formula is C18H22N4O3. The normalized spacial score (nSPS) is 20.0. The number of nitrogens with one attached hydrogen (secondary N) is 2. The molecule has 2 aromatic rings. The number of benzene rings is 1. The standard InChI is InChI=1S/C18H22N4O3/c1-3-25-13-6-4-12(5-7-13)18(24)20-14-8-9-16(23)21-17(14)15-10-19-11-22(15)2/h4-7,10-11,14,17H,3,8-9H2,1-2H3,(H,20,24)(H,21,23)/t14-,17-/m1/s1. The number of hydrogen-bond donors (Lipinski definition) is 2. The lowest BCUT2D eigenvalue weighted by Gasteiger charge is -2.33. The molecule has 7 nitrogen and oxygen atoms in total. The van der Waals surface area contributed by atoms with Crippen molar-refractivity contribution in [2.45, 2.75) is 31.8 Å². The van der Waals surface area contributed by atoms with Crippen LogP contribution < -0.4 is 15.4 Å². The van der Waals surface area contributed by atoms with Crippen LogP contribution in [-0.4, -0.2) is 34.0 Å². The van der Waals surface area contributed by atoms with Crippen LogP contribution in [0, 0.1) is 0 Å². The van der Waals surface area contributed by atoms with E-state index in [1.165, 1.54) is 0 Å². The van der Waals surface area contributed by atoms with Crippen molar-refractivity contribution in [2.75, 3.05) is 6.61 Å². The van der Waals surface area contributed by atoms with Gasteiger partial charge < -0.3 is 19.9 Å². The molecule has 0 radical (unpaired) electrons. The predicted octanol–water partition coefficient (Wildman–Crippen LogP) is 1.57. The highest BCUT2D eigenvalue weighted by molar-refractivity contribution is 5.94. The zero-order valence-electron chi connectivity index (χ0n) is 14.4. The predicted molar refractivity (Wildman–Crippen MR) is 92.2 cm³/mol. The molecule has 3 rings (SSSR count). The molecule has 1 aliphatic rings. The summed E-state index contributed by atoms with van der Waals surface area (Å²) in [6, 6.07) is 6.55. The first-order chi connectivity index (χ1) is 12.1. The highest BCUT2D eigenvalue weighted by Crippen LogP contribution is 2.24. The largest absolute Gasteiger partial charge is 0.494 e. The van der Waals surface area contributed by atoms with Crippen molar-refractivity contribution in [3.63, 3.8) is 0 Å². The van der Waals surface area contributed by atoms with Crippen LogP contribution in [0.25, 0.3) is 0 Å². The van der Waals surface area contributed by atoms with E-state index in [9.17, 15) is 9.59 Å². The summed E-state index contributed by atoms with van der Waals surface area (Å²) in [6.07, 6.45) is 4.38. The van der Waals surface area contributed by atoms with Crippen LogP contribution in [0.3, 0.4) is 0 Å². The number of amides is 2. The first kappa shape index (κ1) is 17.0. The van der Waals surface area contributed by atoms with Gasteiger partial charge in [-0.3, -0.25) is 9.59 Å². The van der Waals surface area contributed by atoms with Gasteiger partial charge in [0, 0.05) is 19.0 Å². The first-order valence-electron chi connectivity index (χ1n) is 8.37. The Bertz CT molecular complexity index is 754. The molecule has 1 aliphatic heterocycles. The van der Waals surface area contributed by atoms with Gasteiger partial charge in [0.1, 0.15) is 5.75 Å². The minimum Gasteiger partial charge on any atom is -0.494 e. The van der Waals surface area contributed by atoms with Crippen LogP contribution in [0.4, 0.5) is 0 Å². The van der Waals surface area contributed by atoms with Gasteiger partial charge >= 0.3 is 0 Å². The number of aromatic nitrogens is 2. The van der Waals surface area contributed by atoms with Crippen molar-refractivity contribution in [3.05, 3.63) is 48.0 Å². The smallest absolute Gasteiger partial charge is 0.251 e. The van der Waals surface area contributed by atoms with Crippen LogP contribution in [0.5, 0.6) is 5.75 Å². The molecule has 1 saturated heterocycles. The Balaban J connectivity index is 1.74. The average Bonchev–Trinajstić information content (AvgIpc) is 3.03. The number of carbonyl (C=O) groups is 2. The second-order valence-electron chi connectivity index (χ2n) is 6.05. The van der Waals surface area contributed by atoms with Crippen molar-refractivity contribution in [2.24, 2.45) is 7.05 Å². The van der Waals surface area contributed by atoms with Gasteiger partial charge in [0.25, 0.3) is 5.91 Å². The molecule has 2 N–H and O–H groups in total. The quantitative estimate of drug-likeness (QED) is 0.864. The molecule has 2 heterocycles. The Morgan fingerprint density at radius 3 is 2.80 bits per heavy atom. The van der Waals surface area contributed by atoms with Crippen LogP contribution >= 0.6 is 0 Å². The Hall–Kier alpha value is -2.83. The summed E-state index contributed by atoms with van der Waals surface area (Å²) in [7, 11) is 1.87. The molecule has 7 heteroatoms. The van der Waals surface area contributed by atoms with E-state index in [4.69, 9.17) is 4.74 Å². The van der Waals surface area contributed by atoms with Gasteiger partial charge in [-0.05, 0) is 37.6 Å². The van der Waals surface area contributed by atoms with Crippen molar-refractivity contribution in [3.8, 4) is 5.75 Å². The maximum absolute atomic E-state index is 12.6. The summed E-state index contributed by atoms with van der Waals surface area (Å²) in [5, 5.41) is 6.00. The van der Waals surface area contributed by atoms with Gasteiger partial charge in [0.05, 0.1) is 36.9 Å². The highest BCUT2D eigenvalue weighted by atomic mass is 16.5. The van der Waals surface area contributed by atoms with E-state index in [2.05, 4.69) is 15.6 Å². The summed E-state index contributed by atoms with van der Waals surface area (Å²) in [5.74, 6) is 0.547. The number of ether oxygens (including phenoxy) is 1. The van der Waals surface area contributed by atoms with Crippen LogP contribution in [-0.2, 0) is 11.8 Å². The number of rotatable bonds is 5. The molecule has 1 aromatic heterocycles. The Morgan fingerprint density at radius 2 is 2.16 bits per heavy atom. The molecule has 1 fully saturated rings. The van der Waals surface area contributed by atoms with Crippen LogP contribution in [0.1, 0.15) is 41.9 Å². The third kappa shape index (κ3) is 3.81. The maximum atomic E-state index is 12.6. The van der Waals surface area contributed by atoms with Gasteiger partial charge in [-0.1, -0.05) is 0 Å². The Labute approximate surface area is 146 Å². The number of carbonyl (C=O) groups excluding carboxylic acids is 2. The summed E-state index contributed by atoms with van der Waals surface area (Å²) in [4.78, 5) is 28.5. The monoisotopic (exact) mass is 342 g/mol. The van der Waals surface area contributed by atoms with E-state index in [0.717, 1.165) is 11.4 Å². The highest BCUT2D eigenvalue weighted by Gasteiger charge is 2.32. The van der Waals surface area contributed by atoms with Gasteiger partial charge in [-0.25, -0.2) is 4.98 Å². The molecule has 0 unspecified atom stereocenters. The number of imidazole rings is 1. The van der Waals surface area contributed by atoms with Crippen LogP contribution in [0.2, 0.25) is 0 Å². The lowest BCUT2D eigenvalue weighted by molar-refractivity contribution is -0.123. The maximum Gasteiger partial charge on any atom is 0.251 e. The number of nitrogens with zero attached hydrogens (tertiary/aromatic N) is 2. The molecule has 2 amide bonds. The number of hydrogen-bond acceptors (Lipinski definition) is 4. The fourth-order valence-corrected chi connectivity index (χ4v) is 3.02. The second-order valence-corrected chi connectivity index (χ2v) is 6.05. The third-order valence-electron chi connectivity index (χ3n) is 4.32. The SMILES string of the molecule is CCOc1ccc(C(=O)N[C@@H]2CCC(=O)N[C@H]2c2cncn2C)cc1. The number of aryl methyl sites for hydroxylation is 1. The Morgan fingerprint density at radius 1 is 1.40 bits per heavy atom. The molecule has 0 saturated carbocycles. The summed E-state index contributed by atoms with van der Waals surface area (Å²) >= 11 is 0. The average molecular weight is 342 g/mol. The summed E-state index contributed by atoms with van der Waals surface area (Å²) < 4.78 is 7.25. The zero-order valence-corrected chi connectivity index (χ0v) is 14.4. The zero-order chi connectivity index (χ0) is 17.8. The van der Waals surface area contributed by atoms with E-state index in [1.54, 1.807) is 36.8 Å². The number of piperidine rings is 1. The van der Waals surface area contributed by atoms with Gasteiger partial charge in [0.15, 0.2) is 0 Å². The minimum absolute atomic E-state index is 0.0160. The molecule has 132 valence electrons.